The molecule has 0 saturated heterocycles. The molecule has 1 rings (SSSR count). The molecule has 3 nitrogen and oxygen atoms in total. The van der Waals surface area contributed by atoms with Gasteiger partial charge in [-0.05, 0) is 27.2 Å². The Morgan fingerprint density at radius 1 is 1.58 bits per heavy atom. The van der Waals surface area contributed by atoms with Crippen LogP contribution in [0, 0.1) is 0 Å². The summed E-state index contributed by atoms with van der Waals surface area (Å²) >= 11 is 0. The molecule has 1 heterocycles. The summed E-state index contributed by atoms with van der Waals surface area (Å²) in [6.45, 7) is 6.52. The molecule has 0 saturated carbocycles. The summed E-state index contributed by atoms with van der Waals surface area (Å²) in [5.74, 6) is 1.05. The highest BCUT2D eigenvalue weighted by molar-refractivity contribution is 5.83. The first-order chi connectivity index (χ1) is 5.50. The SMILES string of the molecule is CC(NC1=NCCC1)C(C)(C)O. The van der Waals surface area contributed by atoms with Gasteiger partial charge in [-0.2, -0.15) is 0 Å². The van der Waals surface area contributed by atoms with Crippen LogP contribution in [0.25, 0.3) is 0 Å². The number of nitrogens with zero attached hydrogens (tertiary/aromatic N) is 1. The fraction of sp³-hybridized carbons (Fsp3) is 0.889. The molecule has 0 aromatic carbocycles. The van der Waals surface area contributed by atoms with Crippen molar-refractivity contribution in [3.8, 4) is 0 Å². The third-order valence-electron chi connectivity index (χ3n) is 2.32. The van der Waals surface area contributed by atoms with E-state index in [1.807, 2.05) is 6.92 Å². The standard InChI is InChI=1S/C9H18N2O/c1-7(9(2,3)12)11-8-5-4-6-10-8/h7,12H,4-6H2,1-3H3,(H,10,11). The van der Waals surface area contributed by atoms with E-state index in [1.54, 1.807) is 13.8 Å². The van der Waals surface area contributed by atoms with E-state index in [9.17, 15) is 5.11 Å². The van der Waals surface area contributed by atoms with Gasteiger partial charge < -0.3 is 10.4 Å². The summed E-state index contributed by atoms with van der Waals surface area (Å²) in [6.07, 6.45) is 2.17. The largest absolute Gasteiger partial charge is 0.388 e. The predicted molar refractivity (Wildman–Crippen MR) is 50.4 cm³/mol. The molecule has 70 valence electrons. The van der Waals surface area contributed by atoms with E-state index < -0.39 is 5.60 Å². The lowest BCUT2D eigenvalue weighted by Crippen LogP contribution is -2.46. The average Bonchev–Trinajstić information content (AvgIpc) is 2.37. The summed E-state index contributed by atoms with van der Waals surface area (Å²) in [6, 6.07) is 0.0642. The van der Waals surface area contributed by atoms with Gasteiger partial charge in [0.15, 0.2) is 0 Å². The Labute approximate surface area is 73.9 Å². The molecular weight excluding hydrogens is 152 g/mol. The lowest BCUT2D eigenvalue weighted by molar-refractivity contribution is 0.0511. The maximum absolute atomic E-state index is 9.63. The van der Waals surface area contributed by atoms with Gasteiger partial charge in [-0.15, -0.1) is 0 Å². The van der Waals surface area contributed by atoms with Crippen molar-refractivity contribution in [2.75, 3.05) is 6.54 Å². The second kappa shape index (κ2) is 3.44. The van der Waals surface area contributed by atoms with Crippen LogP contribution in [0.15, 0.2) is 4.99 Å². The highest BCUT2D eigenvalue weighted by atomic mass is 16.3. The van der Waals surface area contributed by atoms with Crippen molar-refractivity contribution < 1.29 is 5.11 Å². The number of aliphatic hydroxyl groups is 1. The summed E-state index contributed by atoms with van der Waals surface area (Å²) in [7, 11) is 0. The Hall–Kier alpha value is -0.570. The zero-order valence-corrected chi connectivity index (χ0v) is 8.09. The highest BCUT2D eigenvalue weighted by Gasteiger charge is 2.23. The van der Waals surface area contributed by atoms with E-state index in [4.69, 9.17) is 0 Å². The van der Waals surface area contributed by atoms with E-state index in [-0.39, 0.29) is 6.04 Å². The van der Waals surface area contributed by atoms with Crippen molar-refractivity contribution in [1.82, 2.24) is 5.32 Å². The van der Waals surface area contributed by atoms with Gasteiger partial charge in [-0.1, -0.05) is 0 Å². The number of amidine groups is 1. The fourth-order valence-corrected chi connectivity index (χ4v) is 1.08. The second-order valence-corrected chi connectivity index (χ2v) is 3.95. The number of aliphatic imine (C=N–C) groups is 1. The van der Waals surface area contributed by atoms with E-state index in [2.05, 4.69) is 10.3 Å². The average molecular weight is 170 g/mol. The Bertz CT molecular complexity index is 181. The molecule has 0 radical (unpaired) electrons. The molecule has 0 amide bonds. The first kappa shape index (κ1) is 9.52. The van der Waals surface area contributed by atoms with Crippen molar-refractivity contribution in [3.05, 3.63) is 0 Å². The van der Waals surface area contributed by atoms with Gasteiger partial charge in [0, 0.05) is 13.0 Å². The number of hydrogen-bond acceptors (Lipinski definition) is 3. The van der Waals surface area contributed by atoms with E-state index >= 15 is 0 Å². The van der Waals surface area contributed by atoms with Gasteiger partial charge in [-0.3, -0.25) is 4.99 Å². The van der Waals surface area contributed by atoms with Gasteiger partial charge in [0.2, 0.25) is 0 Å². The van der Waals surface area contributed by atoms with E-state index in [0.29, 0.717) is 0 Å². The van der Waals surface area contributed by atoms with E-state index in [0.717, 1.165) is 25.2 Å². The minimum atomic E-state index is -0.675. The molecule has 1 unspecified atom stereocenters. The molecule has 3 heteroatoms. The first-order valence-corrected chi connectivity index (χ1v) is 4.52. The molecule has 0 bridgehead atoms. The topological polar surface area (TPSA) is 44.6 Å². The number of hydrogen-bond donors (Lipinski definition) is 2. The number of rotatable bonds is 2. The Morgan fingerprint density at radius 2 is 2.25 bits per heavy atom. The molecule has 0 aliphatic carbocycles. The van der Waals surface area contributed by atoms with Crippen molar-refractivity contribution >= 4 is 5.84 Å². The molecular formula is C9H18N2O. The fourth-order valence-electron chi connectivity index (χ4n) is 1.08. The zero-order valence-electron chi connectivity index (χ0n) is 8.09. The van der Waals surface area contributed by atoms with Crippen LogP contribution >= 0.6 is 0 Å². The van der Waals surface area contributed by atoms with Crippen molar-refractivity contribution in [3.63, 3.8) is 0 Å². The van der Waals surface area contributed by atoms with Gasteiger partial charge in [0.1, 0.15) is 0 Å². The molecule has 0 spiro atoms. The lowest BCUT2D eigenvalue weighted by Gasteiger charge is -2.27. The lowest BCUT2D eigenvalue weighted by atomic mass is 10.0. The molecule has 1 aliphatic rings. The smallest absolute Gasteiger partial charge is 0.0966 e. The molecule has 0 aromatic rings. The summed E-state index contributed by atoms with van der Waals surface area (Å²) < 4.78 is 0. The normalized spacial score (nSPS) is 20.5. The van der Waals surface area contributed by atoms with Crippen LogP contribution in [0.2, 0.25) is 0 Å². The molecule has 1 aliphatic heterocycles. The van der Waals surface area contributed by atoms with Crippen LogP contribution in [-0.4, -0.2) is 29.1 Å². The van der Waals surface area contributed by atoms with Crippen LogP contribution in [-0.2, 0) is 0 Å². The quantitative estimate of drug-likeness (QED) is 0.647. The number of nitrogens with one attached hydrogen (secondary N) is 1. The summed E-state index contributed by atoms with van der Waals surface area (Å²) in [5, 5.41) is 12.8. The minimum Gasteiger partial charge on any atom is -0.388 e. The van der Waals surface area contributed by atoms with Crippen LogP contribution in [0.4, 0.5) is 0 Å². The predicted octanol–water partition coefficient (Wildman–Crippen LogP) is 0.928. The van der Waals surface area contributed by atoms with Crippen LogP contribution < -0.4 is 5.32 Å². The third-order valence-corrected chi connectivity index (χ3v) is 2.32. The zero-order chi connectivity index (χ0) is 9.19. The Morgan fingerprint density at radius 3 is 2.67 bits per heavy atom. The summed E-state index contributed by atoms with van der Waals surface area (Å²) in [4.78, 5) is 4.28. The van der Waals surface area contributed by atoms with Gasteiger partial charge >= 0.3 is 0 Å². The van der Waals surface area contributed by atoms with Crippen LogP contribution in [0.3, 0.4) is 0 Å². The summed E-state index contributed by atoms with van der Waals surface area (Å²) in [5.41, 5.74) is -0.675. The molecule has 1 atom stereocenters. The first-order valence-electron chi connectivity index (χ1n) is 4.52. The minimum absolute atomic E-state index is 0.0642. The van der Waals surface area contributed by atoms with Crippen LogP contribution in [0.1, 0.15) is 33.6 Å². The van der Waals surface area contributed by atoms with Crippen molar-refractivity contribution in [1.29, 1.82) is 0 Å². The van der Waals surface area contributed by atoms with E-state index in [1.165, 1.54) is 0 Å². The second-order valence-electron chi connectivity index (χ2n) is 3.95. The molecule has 0 aromatic heterocycles. The molecule has 12 heavy (non-hydrogen) atoms. The monoisotopic (exact) mass is 170 g/mol. The van der Waals surface area contributed by atoms with Gasteiger partial charge in [0.05, 0.1) is 17.5 Å². The molecule has 0 fully saturated rings. The Kier molecular flexibility index (Phi) is 2.73. The molecule has 2 N–H and O–H groups in total. The highest BCUT2D eigenvalue weighted by Crippen LogP contribution is 2.10. The van der Waals surface area contributed by atoms with Crippen molar-refractivity contribution in [2.24, 2.45) is 4.99 Å². The maximum Gasteiger partial charge on any atom is 0.0966 e. The van der Waals surface area contributed by atoms with Gasteiger partial charge in [0.25, 0.3) is 0 Å². The maximum atomic E-state index is 9.63. The third kappa shape index (κ3) is 2.48. The van der Waals surface area contributed by atoms with Crippen LogP contribution in [0.5, 0.6) is 0 Å². The Balaban J connectivity index is 2.40. The van der Waals surface area contributed by atoms with Crippen molar-refractivity contribution in [2.45, 2.75) is 45.3 Å². The van der Waals surface area contributed by atoms with Gasteiger partial charge in [-0.25, -0.2) is 0 Å².